The molecule has 0 aromatic heterocycles. The lowest BCUT2D eigenvalue weighted by atomic mass is 10.0. The lowest BCUT2D eigenvalue weighted by Gasteiger charge is -2.11. The van der Waals surface area contributed by atoms with E-state index in [-0.39, 0.29) is 43.0 Å². The second kappa shape index (κ2) is 9.99. The molecule has 0 atom stereocenters. The number of carbonyl (C=O) groups is 2. The zero-order valence-electron chi connectivity index (χ0n) is 17.3. The number of phenols is 1. The largest absolute Gasteiger partial charge is 0.505 e. The molecule has 32 heavy (non-hydrogen) atoms. The predicted octanol–water partition coefficient (Wildman–Crippen LogP) is 3.31. The summed E-state index contributed by atoms with van der Waals surface area (Å²) in [5.41, 5.74) is 4.18. The Morgan fingerprint density at radius 2 is 1.94 bits per heavy atom. The van der Waals surface area contributed by atoms with Crippen LogP contribution in [0.25, 0.3) is 0 Å². The summed E-state index contributed by atoms with van der Waals surface area (Å²) in [6, 6.07) is 8.28. The van der Waals surface area contributed by atoms with Crippen LogP contribution in [-0.4, -0.2) is 45.1 Å². The summed E-state index contributed by atoms with van der Waals surface area (Å²) >= 11 is 0. The van der Waals surface area contributed by atoms with E-state index in [1.807, 2.05) is 0 Å². The Balaban J connectivity index is 1.66. The minimum Gasteiger partial charge on any atom is -0.505 e. The number of aromatic hydroxyl groups is 1. The van der Waals surface area contributed by atoms with Crippen molar-refractivity contribution in [1.82, 2.24) is 5.01 Å². The maximum Gasteiger partial charge on any atom is 0.303 e. The van der Waals surface area contributed by atoms with Gasteiger partial charge >= 0.3 is 5.97 Å². The van der Waals surface area contributed by atoms with Crippen LogP contribution in [0.3, 0.4) is 0 Å². The quantitative estimate of drug-likeness (QED) is 0.406. The van der Waals surface area contributed by atoms with E-state index in [9.17, 15) is 23.5 Å². The molecule has 0 bridgehead atoms. The number of rotatable bonds is 9. The van der Waals surface area contributed by atoms with Crippen LogP contribution in [0.15, 0.2) is 46.6 Å². The Bertz CT molecular complexity index is 1100. The van der Waals surface area contributed by atoms with Crippen molar-refractivity contribution in [3.63, 3.8) is 0 Å². The number of hydrogen-bond donors (Lipinski definition) is 3. The molecular formula is C22H22F2N4O4. The Kier molecular flexibility index (Phi) is 7.14. The number of amides is 1. The van der Waals surface area contributed by atoms with Gasteiger partial charge in [0.15, 0.2) is 5.71 Å². The van der Waals surface area contributed by atoms with Crippen LogP contribution in [0.2, 0.25) is 0 Å². The summed E-state index contributed by atoms with van der Waals surface area (Å²) in [5, 5.41) is 28.6. The maximum atomic E-state index is 13.8. The molecule has 0 radical (unpaired) electrons. The molecule has 0 spiro atoms. The van der Waals surface area contributed by atoms with E-state index in [0.29, 0.717) is 23.3 Å². The number of benzene rings is 2. The summed E-state index contributed by atoms with van der Waals surface area (Å²) < 4.78 is 26.9. The van der Waals surface area contributed by atoms with Gasteiger partial charge in [-0.25, -0.2) is 13.8 Å². The van der Waals surface area contributed by atoms with Gasteiger partial charge in [0.05, 0.1) is 11.4 Å². The Morgan fingerprint density at radius 1 is 1.19 bits per heavy atom. The average Bonchev–Trinajstić information content (AvgIpc) is 3.00. The Labute approximate surface area is 182 Å². The van der Waals surface area contributed by atoms with Gasteiger partial charge in [-0.3, -0.25) is 15.0 Å². The van der Waals surface area contributed by atoms with E-state index in [1.54, 1.807) is 25.1 Å². The van der Waals surface area contributed by atoms with E-state index in [0.717, 1.165) is 11.1 Å². The summed E-state index contributed by atoms with van der Waals surface area (Å²) in [6.45, 7) is 1.76. The van der Waals surface area contributed by atoms with Gasteiger partial charge in [0.1, 0.15) is 17.4 Å². The van der Waals surface area contributed by atoms with Crippen molar-refractivity contribution >= 4 is 29.0 Å². The molecule has 168 valence electrons. The number of hydrazone groups is 2. The smallest absolute Gasteiger partial charge is 0.303 e. The van der Waals surface area contributed by atoms with Gasteiger partial charge in [0.25, 0.3) is 5.91 Å². The first-order valence-corrected chi connectivity index (χ1v) is 9.94. The summed E-state index contributed by atoms with van der Waals surface area (Å²) in [4.78, 5) is 23.1. The number of anilines is 1. The van der Waals surface area contributed by atoms with Gasteiger partial charge in [-0.05, 0) is 49.4 Å². The van der Waals surface area contributed by atoms with Crippen molar-refractivity contribution in [2.75, 3.05) is 12.0 Å². The molecule has 2 aromatic rings. The number of para-hydroxylation sites is 1. The fourth-order valence-electron chi connectivity index (χ4n) is 3.20. The van der Waals surface area contributed by atoms with Crippen molar-refractivity contribution in [2.45, 2.75) is 32.6 Å². The highest BCUT2D eigenvalue weighted by molar-refractivity contribution is 6.68. The Morgan fingerprint density at radius 3 is 2.66 bits per heavy atom. The lowest BCUT2D eigenvalue weighted by Crippen LogP contribution is -2.29. The molecule has 3 N–H and O–H groups in total. The number of aliphatic carboxylic acids is 1. The first kappa shape index (κ1) is 22.9. The number of carboxylic acid groups (broad SMARTS) is 1. The standard InChI is InChI=1S/C22H22F2N4O4/c1-13-20(22(32)28(27-13)11-3-6-19(29)30)26-25-18-5-2-4-15(21(18)31)8-7-14-9-10-16(23)12-17(14)24/h2,4-5,9-10,12,25,31H,3,6-8,11H2,1H3,(H,29,30)/b26-20-. The van der Waals surface area contributed by atoms with Crippen LogP contribution in [0, 0.1) is 11.6 Å². The zero-order valence-corrected chi connectivity index (χ0v) is 17.3. The molecule has 2 aromatic carbocycles. The molecule has 1 amide bonds. The average molecular weight is 444 g/mol. The molecule has 10 heteroatoms. The van der Waals surface area contributed by atoms with Gasteiger partial charge in [-0.2, -0.15) is 10.2 Å². The maximum absolute atomic E-state index is 13.8. The van der Waals surface area contributed by atoms with E-state index >= 15 is 0 Å². The van der Waals surface area contributed by atoms with Gasteiger partial charge < -0.3 is 10.2 Å². The monoisotopic (exact) mass is 444 g/mol. The van der Waals surface area contributed by atoms with E-state index in [4.69, 9.17) is 5.11 Å². The third-order valence-electron chi connectivity index (χ3n) is 4.90. The molecule has 8 nitrogen and oxygen atoms in total. The highest BCUT2D eigenvalue weighted by atomic mass is 19.1. The summed E-state index contributed by atoms with van der Waals surface area (Å²) in [5.74, 6) is -2.82. The minimum absolute atomic E-state index is 0.0542. The SMILES string of the molecule is CC1=NN(CCCC(=O)O)C(=O)/C1=N\Nc1cccc(CCc2ccc(F)cc2F)c1O. The molecule has 0 saturated carbocycles. The van der Waals surface area contributed by atoms with Crippen molar-refractivity contribution in [3.8, 4) is 5.75 Å². The van der Waals surface area contributed by atoms with Crippen molar-refractivity contribution in [3.05, 3.63) is 59.2 Å². The van der Waals surface area contributed by atoms with E-state index in [1.165, 1.54) is 12.1 Å². The highest BCUT2D eigenvalue weighted by Gasteiger charge is 2.29. The molecule has 0 saturated heterocycles. The van der Waals surface area contributed by atoms with E-state index in [2.05, 4.69) is 15.6 Å². The minimum atomic E-state index is -0.953. The Hall–Kier alpha value is -3.82. The number of phenolic OH excluding ortho intramolecular Hbond substituents is 1. The van der Waals surface area contributed by atoms with Crippen LogP contribution in [0.1, 0.15) is 30.9 Å². The van der Waals surface area contributed by atoms with Gasteiger partial charge in [0.2, 0.25) is 0 Å². The van der Waals surface area contributed by atoms with Crippen LogP contribution < -0.4 is 5.43 Å². The number of carbonyl (C=O) groups excluding carboxylic acids is 1. The fraction of sp³-hybridized carbons (Fsp3) is 0.273. The van der Waals surface area contributed by atoms with E-state index < -0.39 is 23.5 Å². The number of carboxylic acids is 1. The number of aryl methyl sites for hydroxylation is 2. The topological polar surface area (TPSA) is 115 Å². The first-order valence-electron chi connectivity index (χ1n) is 9.94. The molecular weight excluding hydrogens is 422 g/mol. The second-order valence-electron chi connectivity index (χ2n) is 7.23. The van der Waals surface area contributed by atoms with Gasteiger partial charge in [-0.15, -0.1) is 0 Å². The third kappa shape index (κ3) is 5.45. The second-order valence-corrected chi connectivity index (χ2v) is 7.23. The summed E-state index contributed by atoms with van der Waals surface area (Å²) in [6.07, 6.45) is 0.742. The van der Waals surface area contributed by atoms with Crippen molar-refractivity contribution < 1.29 is 28.6 Å². The fourth-order valence-corrected chi connectivity index (χ4v) is 3.20. The summed E-state index contributed by atoms with van der Waals surface area (Å²) in [7, 11) is 0. The zero-order chi connectivity index (χ0) is 23.3. The van der Waals surface area contributed by atoms with Gasteiger partial charge in [0, 0.05) is 19.0 Å². The van der Waals surface area contributed by atoms with Crippen molar-refractivity contribution in [1.29, 1.82) is 0 Å². The molecule has 0 aliphatic carbocycles. The highest BCUT2D eigenvalue weighted by Crippen LogP contribution is 2.29. The normalized spacial score (nSPS) is 14.7. The number of nitrogens with zero attached hydrogens (tertiary/aromatic N) is 3. The molecule has 1 heterocycles. The van der Waals surface area contributed by atoms with Crippen LogP contribution in [-0.2, 0) is 22.4 Å². The van der Waals surface area contributed by atoms with Crippen LogP contribution in [0.4, 0.5) is 14.5 Å². The molecule has 0 unspecified atom stereocenters. The number of halogens is 2. The lowest BCUT2D eigenvalue weighted by molar-refractivity contribution is -0.137. The predicted molar refractivity (Wildman–Crippen MR) is 115 cm³/mol. The number of hydrogen-bond acceptors (Lipinski definition) is 6. The van der Waals surface area contributed by atoms with Crippen molar-refractivity contribution in [2.24, 2.45) is 10.2 Å². The first-order chi connectivity index (χ1) is 15.3. The molecule has 1 aliphatic rings. The molecule has 3 rings (SSSR count). The van der Waals surface area contributed by atoms with Crippen LogP contribution in [0.5, 0.6) is 5.75 Å². The molecule has 1 aliphatic heterocycles. The third-order valence-corrected chi connectivity index (χ3v) is 4.90. The molecule has 0 fully saturated rings. The number of nitrogens with one attached hydrogen (secondary N) is 1. The van der Waals surface area contributed by atoms with Gasteiger partial charge in [-0.1, -0.05) is 18.2 Å². The van der Waals surface area contributed by atoms with Crippen LogP contribution >= 0.6 is 0 Å².